The van der Waals surface area contributed by atoms with Crippen LogP contribution >= 0.6 is 22.6 Å². The number of aromatic carboxylic acids is 1. The van der Waals surface area contributed by atoms with Crippen molar-refractivity contribution in [2.45, 2.75) is 12.8 Å². The molecular formula is C12H10INO3. The number of carboxylic acids is 1. The molecule has 1 rings (SSSR count). The highest BCUT2D eigenvalue weighted by Gasteiger charge is 2.12. The van der Waals surface area contributed by atoms with Crippen LogP contribution in [0.3, 0.4) is 0 Å². The molecule has 0 radical (unpaired) electrons. The maximum absolute atomic E-state index is 11.4. The summed E-state index contributed by atoms with van der Waals surface area (Å²) in [6, 6.07) is 4.79. The molecule has 88 valence electrons. The Hall–Kier alpha value is -1.55. The molecule has 0 saturated carbocycles. The van der Waals surface area contributed by atoms with Crippen molar-refractivity contribution < 1.29 is 14.7 Å². The smallest absolute Gasteiger partial charge is 0.337 e. The fraction of sp³-hybridized carbons (Fsp3) is 0.167. The maximum Gasteiger partial charge on any atom is 0.337 e. The molecule has 5 heteroatoms. The zero-order chi connectivity index (χ0) is 12.8. The number of amides is 1. The summed E-state index contributed by atoms with van der Waals surface area (Å²) in [5.41, 5.74) is 0.367. The Morgan fingerprint density at radius 3 is 2.76 bits per heavy atom. The minimum Gasteiger partial charge on any atom is -0.478 e. The molecule has 1 amide bonds. The third kappa shape index (κ3) is 4.07. The molecule has 17 heavy (non-hydrogen) atoms. The van der Waals surface area contributed by atoms with Gasteiger partial charge in [0.2, 0.25) is 5.91 Å². The number of nitrogens with one attached hydrogen (secondary N) is 1. The summed E-state index contributed by atoms with van der Waals surface area (Å²) in [4.78, 5) is 22.4. The summed E-state index contributed by atoms with van der Waals surface area (Å²) in [6.07, 6.45) is 5.56. The molecule has 0 aliphatic rings. The van der Waals surface area contributed by atoms with Crippen molar-refractivity contribution in [1.29, 1.82) is 0 Å². The van der Waals surface area contributed by atoms with Crippen LogP contribution in [0.5, 0.6) is 0 Å². The van der Waals surface area contributed by atoms with Gasteiger partial charge in [0.05, 0.1) is 11.3 Å². The van der Waals surface area contributed by atoms with E-state index in [-0.39, 0.29) is 17.9 Å². The Balaban J connectivity index is 2.87. The largest absolute Gasteiger partial charge is 0.478 e. The highest BCUT2D eigenvalue weighted by Crippen LogP contribution is 2.19. The molecule has 0 heterocycles. The van der Waals surface area contributed by atoms with E-state index < -0.39 is 5.97 Å². The lowest BCUT2D eigenvalue weighted by molar-refractivity contribution is -0.116. The van der Waals surface area contributed by atoms with Crippen molar-refractivity contribution in [3.8, 4) is 12.3 Å². The van der Waals surface area contributed by atoms with Crippen molar-refractivity contribution in [3.63, 3.8) is 0 Å². The number of carboxylic acid groups (broad SMARTS) is 1. The predicted molar refractivity (Wildman–Crippen MR) is 72.8 cm³/mol. The first-order valence-corrected chi connectivity index (χ1v) is 5.88. The first-order valence-electron chi connectivity index (χ1n) is 4.80. The van der Waals surface area contributed by atoms with Gasteiger partial charge in [-0.05, 0) is 40.8 Å². The quantitative estimate of drug-likeness (QED) is 0.652. The normalized spacial score (nSPS) is 9.41. The van der Waals surface area contributed by atoms with Gasteiger partial charge in [-0.1, -0.05) is 0 Å². The summed E-state index contributed by atoms with van der Waals surface area (Å²) in [7, 11) is 0. The molecule has 0 unspecified atom stereocenters. The second kappa shape index (κ2) is 6.25. The number of carbonyl (C=O) groups excluding carboxylic acids is 1. The Morgan fingerprint density at radius 2 is 2.18 bits per heavy atom. The fourth-order valence-corrected chi connectivity index (χ4v) is 1.69. The average molecular weight is 343 g/mol. The van der Waals surface area contributed by atoms with Crippen LogP contribution in [-0.4, -0.2) is 17.0 Å². The fourth-order valence-electron chi connectivity index (χ4n) is 1.20. The van der Waals surface area contributed by atoms with E-state index in [1.165, 1.54) is 6.07 Å². The third-order valence-electron chi connectivity index (χ3n) is 1.98. The van der Waals surface area contributed by atoms with Crippen molar-refractivity contribution in [3.05, 3.63) is 27.3 Å². The SMILES string of the molecule is C#CCCC(=O)Nc1ccc(I)cc1C(=O)O. The second-order valence-corrected chi connectivity index (χ2v) is 4.49. The summed E-state index contributed by atoms with van der Waals surface area (Å²) < 4.78 is 0.793. The molecule has 0 spiro atoms. The van der Waals surface area contributed by atoms with Gasteiger partial charge in [0, 0.05) is 16.4 Å². The van der Waals surface area contributed by atoms with Gasteiger partial charge in [-0.25, -0.2) is 4.79 Å². The molecule has 0 aliphatic carbocycles. The molecule has 0 aliphatic heterocycles. The van der Waals surface area contributed by atoms with Crippen molar-refractivity contribution >= 4 is 40.2 Å². The summed E-state index contributed by atoms with van der Waals surface area (Å²) in [5.74, 6) is 0.994. The molecule has 0 fully saturated rings. The predicted octanol–water partition coefficient (Wildman–Crippen LogP) is 2.34. The number of anilines is 1. The van der Waals surface area contributed by atoms with Crippen LogP contribution in [0.1, 0.15) is 23.2 Å². The van der Waals surface area contributed by atoms with Gasteiger partial charge in [0.25, 0.3) is 0 Å². The molecule has 0 aromatic heterocycles. The molecule has 0 saturated heterocycles. The molecule has 4 nitrogen and oxygen atoms in total. The summed E-state index contributed by atoms with van der Waals surface area (Å²) in [6.45, 7) is 0. The number of terminal acetylenes is 1. The number of hydrogen-bond acceptors (Lipinski definition) is 2. The second-order valence-electron chi connectivity index (χ2n) is 3.25. The lowest BCUT2D eigenvalue weighted by Crippen LogP contribution is -2.14. The number of rotatable bonds is 4. The third-order valence-corrected chi connectivity index (χ3v) is 2.65. The number of halogens is 1. The Labute approximate surface area is 113 Å². The van der Waals surface area contributed by atoms with E-state index >= 15 is 0 Å². The lowest BCUT2D eigenvalue weighted by Gasteiger charge is -2.08. The van der Waals surface area contributed by atoms with E-state index in [2.05, 4.69) is 11.2 Å². The van der Waals surface area contributed by atoms with Crippen LogP contribution in [0.25, 0.3) is 0 Å². The first-order chi connectivity index (χ1) is 8.04. The van der Waals surface area contributed by atoms with Crippen LogP contribution in [0.4, 0.5) is 5.69 Å². The van der Waals surface area contributed by atoms with Crippen LogP contribution < -0.4 is 5.32 Å². The van der Waals surface area contributed by atoms with E-state index in [1.807, 2.05) is 22.6 Å². The number of carbonyl (C=O) groups is 2. The Bertz CT molecular complexity index is 491. The molecule has 1 aromatic rings. The van der Waals surface area contributed by atoms with E-state index in [0.29, 0.717) is 12.1 Å². The average Bonchev–Trinajstić information content (AvgIpc) is 2.28. The topological polar surface area (TPSA) is 66.4 Å². The highest BCUT2D eigenvalue weighted by atomic mass is 127. The lowest BCUT2D eigenvalue weighted by atomic mass is 10.1. The zero-order valence-electron chi connectivity index (χ0n) is 8.87. The van der Waals surface area contributed by atoms with Crippen LogP contribution in [-0.2, 0) is 4.79 Å². The standard InChI is InChI=1S/C12H10INO3/c1-2-3-4-11(15)14-10-6-5-8(13)7-9(10)12(16)17/h1,5-7H,3-4H2,(H,14,15)(H,16,17). The summed E-state index contributed by atoms with van der Waals surface area (Å²) in [5, 5.41) is 11.5. The Morgan fingerprint density at radius 1 is 1.47 bits per heavy atom. The molecular weight excluding hydrogens is 333 g/mol. The van der Waals surface area contributed by atoms with E-state index in [0.717, 1.165) is 3.57 Å². The molecule has 0 atom stereocenters. The Kier molecular flexibility index (Phi) is 4.97. The van der Waals surface area contributed by atoms with Gasteiger partial charge >= 0.3 is 5.97 Å². The minimum absolute atomic E-state index is 0.0750. The van der Waals surface area contributed by atoms with Gasteiger partial charge in [-0.3, -0.25) is 4.79 Å². The van der Waals surface area contributed by atoms with Crippen LogP contribution in [0.15, 0.2) is 18.2 Å². The van der Waals surface area contributed by atoms with Gasteiger partial charge in [-0.2, -0.15) is 0 Å². The maximum atomic E-state index is 11.4. The zero-order valence-corrected chi connectivity index (χ0v) is 11.0. The van der Waals surface area contributed by atoms with Crippen molar-refractivity contribution in [2.24, 2.45) is 0 Å². The molecule has 1 aromatic carbocycles. The first kappa shape index (κ1) is 13.5. The van der Waals surface area contributed by atoms with Crippen LogP contribution in [0.2, 0.25) is 0 Å². The minimum atomic E-state index is -1.07. The van der Waals surface area contributed by atoms with Crippen LogP contribution in [0, 0.1) is 15.9 Å². The van der Waals surface area contributed by atoms with E-state index in [9.17, 15) is 9.59 Å². The molecule has 2 N–H and O–H groups in total. The van der Waals surface area contributed by atoms with Gasteiger partial charge in [0.1, 0.15) is 0 Å². The number of benzene rings is 1. The van der Waals surface area contributed by atoms with Crippen molar-refractivity contribution in [2.75, 3.05) is 5.32 Å². The monoisotopic (exact) mass is 343 g/mol. The van der Waals surface area contributed by atoms with Gasteiger partial charge in [-0.15, -0.1) is 12.3 Å². The highest BCUT2D eigenvalue weighted by molar-refractivity contribution is 14.1. The van der Waals surface area contributed by atoms with Gasteiger partial charge < -0.3 is 10.4 Å². The van der Waals surface area contributed by atoms with Crippen molar-refractivity contribution in [1.82, 2.24) is 0 Å². The molecule has 0 bridgehead atoms. The summed E-state index contributed by atoms with van der Waals surface area (Å²) >= 11 is 2.01. The van der Waals surface area contributed by atoms with E-state index in [4.69, 9.17) is 11.5 Å². The van der Waals surface area contributed by atoms with Gasteiger partial charge in [0.15, 0.2) is 0 Å². The number of hydrogen-bond donors (Lipinski definition) is 2. The van der Waals surface area contributed by atoms with E-state index in [1.54, 1.807) is 12.1 Å².